The molecule has 1 heterocycles. The number of aromatic hydroxyl groups is 1. The second-order valence-electron chi connectivity index (χ2n) is 6.23. The lowest BCUT2D eigenvalue weighted by Gasteiger charge is -2.10. The van der Waals surface area contributed by atoms with Crippen molar-refractivity contribution in [2.75, 3.05) is 12.4 Å². The molecule has 28 heavy (non-hydrogen) atoms. The normalized spacial score (nSPS) is 11.0. The molecule has 0 saturated heterocycles. The van der Waals surface area contributed by atoms with Crippen LogP contribution in [0.25, 0.3) is 23.1 Å². The van der Waals surface area contributed by atoms with Gasteiger partial charge in [0.25, 0.3) is 0 Å². The topological polar surface area (TPSA) is 67.3 Å². The van der Waals surface area contributed by atoms with Gasteiger partial charge in [-0.05, 0) is 60.2 Å². The van der Waals surface area contributed by atoms with Crippen molar-refractivity contribution in [3.63, 3.8) is 0 Å². The fraction of sp³-hybridized carbons (Fsp3) is 0.0435. The second kappa shape index (κ2) is 7.80. The number of para-hydroxylation sites is 1. The number of phenolic OH excluding ortho intramolecular Hbond substituents is 1. The number of anilines is 2. The lowest BCUT2D eigenvalue weighted by molar-refractivity contribution is 0.415. The first-order valence-electron chi connectivity index (χ1n) is 8.86. The number of phenols is 1. The molecule has 3 aromatic carbocycles. The molecule has 4 rings (SSSR count). The Hall–Kier alpha value is -3.86. The Labute approximate surface area is 163 Å². The fourth-order valence-electron chi connectivity index (χ4n) is 2.83. The third-order valence-electron chi connectivity index (χ3n) is 4.29. The van der Waals surface area contributed by atoms with Gasteiger partial charge in [-0.15, -0.1) is 0 Å². The Morgan fingerprint density at radius 1 is 0.857 bits per heavy atom. The highest BCUT2D eigenvalue weighted by Crippen LogP contribution is 2.25. The third kappa shape index (κ3) is 3.94. The molecule has 0 spiro atoms. The van der Waals surface area contributed by atoms with Crippen LogP contribution in [0.4, 0.5) is 11.5 Å². The molecular formula is C23H19N3O2. The van der Waals surface area contributed by atoms with E-state index in [0.29, 0.717) is 11.6 Å². The monoisotopic (exact) mass is 369 g/mol. The lowest BCUT2D eigenvalue weighted by atomic mass is 10.2. The van der Waals surface area contributed by atoms with Crippen LogP contribution in [0.2, 0.25) is 0 Å². The minimum Gasteiger partial charge on any atom is -0.508 e. The number of benzene rings is 3. The van der Waals surface area contributed by atoms with Crippen molar-refractivity contribution >= 4 is 34.6 Å². The van der Waals surface area contributed by atoms with Crippen molar-refractivity contribution < 1.29 is 9.84 Å². The molecule has 138 valence electrons. The predicted octanol–water partition coefficient (Wildman–Crippen LogP) is 5.26. The van der Waals surface area contributed by atoms with Gasteiger partial charge in [0, 0.05) is 11.1 Å². The van der Waals surface area contributed by atoms with Gasteiger partial charge in [-0.25, -0.2) is 9.97 Å². The van der Waals surface area contributed by atoms with E-state index in [1.54, 1.807) is 31.4 Å². The average molecular weight is 369 g/mol. The van der Waals surface area contributed by atoms with Crippen LogP contribution in [0.3, 0.4) is 0 Å². The van der Waals surface area contributed by atoms with Crippen LogP contribution < -0.4 is 10.1 Å². The maximum atomic E-state index is 9.48. The molecule has 5 heteroatoms. The van der Waals surface area contributed by atoms with Crippen molar-refractivity contribution in [3.8, 4) is 11.5 Å². The number of nitrogens with zero attached hydrogens (tertiary/aromatic N) is 2. The summed E-state index contributed by atoms with van der Waals surface area (Å²) in [5, 5.41) is 13.7. The van der Waals surface area contributed by atoms with Crippen molar-refractivity contribution in [2.24, 2.45) is 0 Å². The van der Waals surface area contributed by atoms with Crippen LogP contribution in [0.5, 0.6) is 11.5 Å². The molecule has 5 nitrogen and oxygen atoms in total. The minimum absolute atomic E-state index is 0.223. The summed E-state index contributed by atoms with van der Waals surface area (Å²) >= 11 is 0. The van der Waals surface area contributed by atoms with E-state index in [2.05, 4.69) is 15.3 Å². The van der Waals surface area contributed by atoms with E-state index < -0.39 is 0 Å². The van der Waals surface area contributed by atoms with E-state index in [-0.39, 0.29) is 5.75 Å². The van der Waals surface area contributed by atoms with Gasteiger partial charge in [0.15, 0.2) is 5.82 Å². The Kier molecular flexibility index (Phi) is 4.89. The van der Waals surface area contributed by atoms with Gasteiger partial charge in [-0.3, -0.25) is 0 Å². The number of fused-ring (bicyclic) bond motifs is 1. The van der Waals surface area contributed by atoms with Gasteiger partial charge in [0.05, 0.1) is 12.6 Å². The summed E-state index contributed by atoms with van der Waals surface area (Å²) in [6.07, 6.45) is 3.85. The van der Waals surface area contributed by atoms with Gasteiger partial charge in [-0.2, -0.15) is 0 Å². The zero-order chi connectivity index (χ0) is 19.3. The van der Waals surface area contributed by atoms with E-state index in [0.717, 1.165) is 27.9 Å². The number of nitrogens with one attached hydrogen (secondary N) is 1. The standard InChI is InChI=1S/C23H19N3O2/c1-28-19-13-6-16(7-14-19)8-15-22-25-21-5-3-2-4-20(21)23(26-22)24-17-9-11-18(27)12-10-17/h2-15,27H,1H3,(H,24,25,26)/b15-8+. The van der Waals surface area contributed by atoms with Crippen LogP contribution in [0, 0.1) is 0 Å². The lowest BCUT2D eigenvalue weighted by Crippen LogP contribution is -1.99. The van der Waals surface area contributed by atoms with Crippen LogP contribution >= 0.6 is 0 Å². The molecule has 0 saturated carbocycles. The molecule has 0 aliphatic rings. The van der Waals surface area contributed by atoms with Gasteiger partial charge in [-0.1, -0.05) is 30.3 Å². The molecule has 0 aliphatic carbocycles. The summed E-state index contributed by atoms with van der Waals surface area (Å²) in [7, 11) is 1.65. The molecule has 0 bridgehead atoms. The third-order valence-corrected chi connectivity index (χ3v) is 4.29. The van der Waals surface area contributed by atoms with Crippen LogP contribution in [0.1, 0.15) is 11.4 Å². The zero-order valence-corrected chi connectivity index (χ0v) is 15.3. The van der Waals surface area contributed by atoms with E-state index >= 15 is 0 Å². The van der Waals surface area contributed by atoms with E-state index in [1.165, 1.54) is 0 Å². The van der Waals surface area contributed by atoms with Crippen LogP contribution in [-0.2, 0) is 0 Å². The van der Waals surface area contributed by atoms with Gasteiger partial charge in [0.2, 0.25) is 0 Å². The summed E-state index contributed by atoms with van der Waals surface area (Å²) in [4.78, 5) is 9.31. The number of hydrogen-bond donors (Lipinski definition) is 2. The molecule has 1 aromatic heterocycles. The Morgan fingerprint density at radius 3 is 2.36 bits per heavy atom. The highest BCUT2D eigenvalue weighted by Gasteiger charge is 2.07. The molecule has 0 atom stereocenters. The predicted molar refractivity (Wildman–Crippen MR) is 113 cm³/mol. The Balaban J connectivity index is 1.68. The maximum Gasteiger partial charge on any atom is 0.154 e. The van der Waals surface area contributed by atoms with Gasteiger partial charge < -0.3 is 15.2 Å². The van der Waals surface area contributed by atoms with E-state index in [9.17, 15) is 5.11 Å². The molecule has 2 N–H and O–H groups in total. The number of hydrogen-bond acceptors (Lipinski definition) is 5. The van der Waals surface area contributed by atoms with E-state index in [1.807, 2.05) is 60.7 Å². The zero-order valence-electron chi connectivity index (χ0n) is 15.3. The van der Waals surface area contributed by atoms with E-state index in [4.69, 9.17) is 4.74 Å². The SMILES string of the molecule is COc1ccc(/C=C/c2nc(Nc3ccc(O)cc3)c3ccccc3n2)cc1. The van der Waals surface area contributed by atoms with Crippen molar-refractivity contribution in [1.82, 2.24) is 9.97 Å². The number of rotatable bonds is 5. The summed E-state index contributed by atoms with van der Waals surface area (Å²) < 4.78 is 5.19. The summed E-state index contributed by atoms with van der Waals surface area (Å²) in [5.41, 5.74) is 2.73. The van der Waals surface area contributed by atoms with Crippen LogP contribution in [0.15, 0.2) is 72.8 Å². The first-order valence-corrected chi connectivity index (χ1v) is 8.86. The molecule has 4 aromatic rings. The maximum absolute atomic E-state index is 9.48. The largest absolute Gasteiger partial charge is 0.508 e. The summed E-state index contributed by atoms with van der Waals surface area (Å²) in [5.74, 6) is 2.36. The fourth-order valence-corrected chi connectivity index (χ4v) is 2.83. The second-order valence-corrected chi connectivity index (χ2v) is 6.23. The molecule has 0 fully saturated rings. The quantitative estimate of drug-likeness (QED) is 0.470. The average Bonchev–Trinajstić information content (AvgIpc) is 2.74. The first-order chi connectivity index (χ1) is 13.7. The Bertz CT molecular complexity index is 1120. The smallest absolute Gasteiger partial charge is 0.154 e. The van der Waals surface area contributed by atoms with Crippen molar-refractivity contribution in [2.45, 2.75) is 0 Å². The molecule has 0 unspecified atom stereocenters. The van der Waals surface area contributed by atoms with Gasteiger partial charge >= 0.3 is 0 Å². The number of ether oxygens (including phenoxy) is 1. The van der Waals surface area contributed by atoms with Crippen molar-refractivity contribution in [3.05, 3.63) is 84.2 Å². The number of aromatic nitrogens is 2. The molecular weight excluding hydrogens is 350 g/mol. The highest BCUT2D eigenvalue weighted by molar-refractivity contribution is 5.91. The summed E-state index contributed by atoms with van der Waals surface area (Å²) in [6, 6.07) is 22.5. The minimum atomic E-state index is 0.223. The molecule has 0 radical (unpaired) electrons. The number of methoxy groups -OCH3 is 1. The molecule has 0 aliphatic heterocycles. The first kappa shape index (κ1) is 17.5. The van der Waals surface area contributed by atoms with Gasteiger partial charge in [0.1, 0.15) is 17.3 Å². The summed E-state index contributed by atoms with van der Waals surface area (Å²) in [6.45, 7) is 0. The van der Waals surface area contributed by atoms with Crippen LogP contribution in [-0.4, -0.2) is 22.2 Å². The van der Waals surface area contributed by atoms with Crippen molar-refractivity contribution in [1.29, 1.82) is 0 Å². The highest BCUT2D eigenvalue weighted by atomic mass is 16.5. The Morgan fingerprint density at radius 2 is 1.61 bits per heavy atom. The molecule has 0 amide bonds.